The summed E-state index contributed by atoms with van der Waals surface area (Å²) in [5.74, 6) is -0.498. The van der Waals surface area contributed by atoms with Gasteiger partial charge in [-0.15, -0.1) is 0 Å². The Morgan fingerprint density at radius 3 is 2.53 bits per heavy atom. The zero-order valence-corrected chi connectivity index (χ0v) is 10.2. The van der Waals surface area contributed by atoms with Gasteiger partial charge in [-0.25, -0.2) is 0 Å². The van der Waals surface area contributed by atoms with Crippen LogP contribution < -0.4 is 5.32 Å². The summed E-state index contributed by atoms with van der Waals surface area (Å²) < 4.78 is 0. The van der Waals surface area contributed by atoms with Crippen LogP contribution in [0.15, 0.2) is 18.2 Å². The molecule has 0 radical (unpaired) electrons. The third-order valence-electron chi connectivity index (χ3n) is 2.37. The minimum Gasteiger partial charge on any atom is -0.508 e. The van der Waals surface area contributed by atoms with Crippen molar-refractivity contribution in [1.82, 2.24) is 10.2 Å². The maximum absolute atomic E-state index is 11.6. The van der Waals surface area contributed by atoms with Crippen LogP contribution >= 0.6 is 0 Å². The van der Waals surface area contributed by atoms with E-state index in [1.807, 2.05) is 0 Å². The predicted molar refractivity (Wildman–Crippen MR) is 63.9 cm³/mol. The summed E-state index contributed by atoms with van der Waals surface area (Å²) >= 11 is 0. The molecule has 0 fully saturated rings. The van der Waals surface area contributed by atoms with Gasteiger partial charge in [0.2, 0.25) is 5.91 Å². The fourth-order valence-corrected chi connectivity index (χ4v) is 1.17. The lowest BCUT2D eigenvalue weighted by Gasteiger charge is -2.11. The van der Waals surface area contributed by atoms with Gasteiger partial charge in [0.1, 0.15) is 5.75 Å². The number of carbonyl (C=O) groups is 2. The van der Waals surface area contributed by atoms with E-state index in [9.17, 15) is 14.7 Å². The van der Waals surface area contributed by atoms with Crippen LogP contribution in [0.3, 0.4) is 0 Å². The van der Waals surface area contributed by atoms with E-state index in [-0.39, 0.29) is 24.1 Å². The highest BCUT2D eigenvalue weighted by molar-refractivity contribution is 5.96. The van der Waals surface area contributed by atoms with Gasteiger partial charge in [-0.05, 0) is 24.6 Å². The van der Waals surface area contributed by atoms with Crippen LogP contribution in [0, 0.1) is 6.92 Å². The molecule has 1 rings (SSSR count). The van der Waals surface area contributed by atoms with Gasteiger partial charge in [0.15, 0.2) is 0 Å². The van der Waals surface area contributed by atoms with Crippen LogP contribution in [0.1, 0.15) is 15.9 Å². The van der Waals surface area contributed by atoms with E-state index in [0.29, 0.717) is 11.1 Å². The second-order valence-electron chi connectivity index (χ2n) is 3.97. The fraction of sp³-hybridized carbons (Fsp3) is 0.333. The Bertz CT molecular complexity index is 441. The van der Waals surface area contributed by atoms with Gasteiger partial charge in [0, 0.05) is 19.7 Å². The first-order chi connectivity index (χ1) is 7.91. The number of aromatic hydroxyl groups is 1. The molecule has 1 aromatic rings. The normalized spacial score (nSPS) is 9.82. The van der Waals surface area contributed by atoms with Gasteiger partial charge in [-0.2, -0.15) is 0 Å². The highest BCUT2D eigenvalue weighted by Crippen LogP contribution is 2.17. The van der Waals surface area contributed by atoms with Crippen LogP contribution in [0.4, 0.5) is 0 Å². The molecule has 0 aliphatic rings. The molecule has 0 atom stereocenters. The second-order valence-corrected chi connectivity index (χ2v) is 3.97. The van der Waals surface area contributed by atoms with Crippen molar-refractivity contribution in [3.8, 4) is 5.75 Å². The number of hydrogen-bond acceptors (Lipinski definition) is 3. The van der Waals surface area contributed by atoms with Crippen molar-refractivity contribution in [2.24, 2.45) is 0 Å². The molecule has 0 saturated carbocycles. The van der Waals surface area contributed by atoms with Crippen molar-refractivity contribution in [2.45, 2.75) is 6.92 Å². The van der Waals surface area contributed by atoms with Crippen molar-refractivity contribution in [3.05, 3.63) is 29.3 Å². The zero-order chi connectivity index (χ0) is 13.0. The maximum atomic E-state index is 11.6. The monoisotopic (exact) mass is 236 g/mol. The highest BCUT2D eigenvalue weighted by atomic mass is 16.3. The summed E-state index contributed by atoms with van der Waals surface area (Å²) in [6.07, 6.45) is 0. The van der Waals surface area contributed by atoms with E-state index in [4.69, 9.17) is 0 Å². The van der Waals surface area contributed by atoms with Gasteiger partial charge >= 0.3 is 0 Å². The molecule has 0 spiro atoms. The first-order valence-electron chi connectivity index (χ1n) is 5.20. The Balaban J connectivity index is 2.64. The van der Waals surface area contributed by atoms with Gasteiger partial charge in [-0.3, -0.25) is 9.59 Å². The Labute approximate surface area is 100 Å². The minimum absolute atomic E-state index is 0.0551. The number of amides is 2. The van der Waals surface area contributed by atoms with Crippen molar-refractivity contribution in [1.29, 1.82) is 0 Å². The first-order valence-corrected chi connectivity index (χ1v) is 5.20. The Morgan fingerprint density at radius 1 is 1.35 bits per heavy atom. The molecule has 5 nitrogen and oxygen atoms in total. The first kappa shape index (κ1) is 13.0. The number of benzene rings is 1. The van der Waals surface area contributed by atoms with Gasteiger partial charge in [0.25, 0.3) is 5.91 Å². The number of phenols is 1. The van der Waals surface area contributed by atoms with E-state index in [1.165, 1.54) is 11.0 Å². The number of phenolic OH excluding ortho intramolecular Hbond substituents is 1. The third-order valence-corrected chi connectivity index (χ3v) is 2.37. The molecule has 2 amide bonds. The summed E-state index contributed by atoms with van der Waals surface area (Å²) in [5.41, 5.74) is 1.03. The lowest BCUT2D eigenvalue weighted by molar-refractivity contribution is -0.127. The molecule has 0 aliphatic heterocycles. The predicted octanol–water partition coefficient (Wildman–Crippen LogP) is 0.519. The zero-order valence-electron chi connectivity index (χ0n) is 10.2. The summed E-state index contributed by atoms with van der Waals surface area (Å²) in [6, 6.07) is 4.63. The number of carbonyl (C=O) groups excluding carboxylic acids is 2. The van der Waals surface area contributed by atoms with Crippen molar-refractivity contribution >= 4 is 11.8 Å². The minimum atomic E-state index is -0.379. The number of nitrogens with one attached hydrogen (secondary N) is 1. The molecular weight excluding hydrogens is 220 g/mol. The number of hydrogen-bond donors (Lipinski definition) is 2. The lowest BCUT2D eigenvalue weighted by atomic mass is 10.1. The Morgan fingerprint density at radius 2 is 2.00 bits per heavy atom. The Hall–Kier alpha value is -2.04. The van der Waals surface area contributed by atoms with Gasteiger partial charge in [0.05, 0.1) is 6.54 Å². The van der Waals surface area contributed by atoms with E-state index in [1.54, 1.807) is 33.2 Å². The molecule has 0 aromatic heterocycles. The van der Waals surface area contributed by atoms with Crippen molar-refractivity contribution in [2.75, 3.05) is 20.6 Å². The molecule has 0 unspecified atom stereocenters. The summed E-state index contributed by atoms with van der Waals surface area (Å²) in [7, 11) is 3.23. The second kappa shape index (κ2) is 5.34. The molecule has 0 aliphatic carbocycles. The highest BCUT2D eigenvalue weighted by Gasteiger charge is 2.10. The smallest absolute Gasteiger partial charge is 0.251 e. The van der Waals surface area contributed by atoms with E-state index < -0.39 is 0 Å². The lowest BCUT2D eigenvalue weighted by Crippen LogP contribution is -2.36. The summed E-state index contributed by atoms with van der Waals surface area (Å²) in [5, 5.41) is 11.9. The van der Waals surface area contributed by atoms with Crippen molar-refractivity contribution < 1.29 is 14.7 Å². The summed E-state index contributed by atoms with van der Waals surface area (Å²) in [4.78, 5) is 24.3. The molecule has 0 bridgehead atoms. The number of likely N-dealkylation sites (N-methyl/N-ethyl adjacent to an activating group) is 1. The standard InChI is InChI=1S/C12H16N2O3/c1-8-4-5-9(6-10(8)15)12(17)13-7-11(16)14(2)3/h4-6,15H,7H2,1-3H3,(H,13,17). The topological polar surface area (TPSA) is 69.6 Å². The van der Waals surface area contributed by atoms with Crippen LogP contribution in [0.2, 0.25) is 0 Å². The van der Waals surface area contributed by atoms with Gasteiger partial charge < -0.3 is 15.3 Å². The Kier molecular flexibility index (Phi) is 4.09. The van der Waals surface area contributed by atoms with E-state index in [0.717, 1.165) is 0 Å². The van der Waals surface area contributed by atoms with Crippen molar-refractivity contribution in [3.63, 3.8) is 0 Å². The fourth-order valence-electron chi connectivity index (χ4n) is 1.17. The molecule has 0 saturated heterocycles. The van der Waals surface area contributed by atoms with Crippen LogP contribution in [-0.4, -0.2) is 42.5 Å². The van der Waals surface area contributed by atoms with Crippen LogP contribution in [0.25, 0.3) is 0 Å². The number of aryl methyl sites for hydroxylation is 1. The van der Waals surface area contributed by atoms with Crippen LogP contribution in [0.5, 0.6) is 5.75 Å². The van der Waals surface area contributed by atoms with E-state index in [2.05, 4.69) is 5.32 Å². The van der Waals surface area contributed by atoms with Crippen LogP contribution in [-0.2, 0) is 4.79 Å². The molecule has 92 valence electrons. The SMILES string of the molecule is Cc1ccc(C(=O)NCC(=O)N(C)C)cc1O. The maximum Gasteiger partial charge on any atom is 0.251 e. The van der Waals surface area contributed by atoms with E-state index >= 15 is 0 Å². The third kappa shape index (κ3) is 3.48. The van der Waals surface area contributed by atoms with Gasteiger partial charge in [-0.1, -0.05) is 6.07 Å². The molecule has 17 heavy (non-hydrogen) atoms. The summed E-state index contributed by atoms with van der Waals surface area (Å²) in [6.45, 7) is 1.69. The quantitative estimate of drug-likeness (QED) is 0.803. The molecule has 0 heterocycles. The number of rotatable bonds is 3. The number of nitrogens with zero attached hydrogens (tertiary/aromatic N) is 1. The average molecular weight is 236 g/mol. The molecule has 2 N–H and O–H groups in total. The largest absolute Gasteiger partial charge is 0.508 e. The molecular formula is C12H16N2O3. The average Bonchev–Trinajstić information content (AvgIpc) is 2.28. The molecule has 1 aromatic carbocycles. The molecule has 5 heteroatoms.